The molecule has 0 spiro atoms. The van der Waals surface area contributed by atoms with E-state index in [-0.39, 0.29) is 11.9 Å². The first-order chi connectivity index (χ1) is 12.6. The number of rotatable bonds is 6. The Labute approximate surface area is 152 Å². The molecular formula is C18H26N6O2. The zero-order valence-corrected chi connectivity index (χ0v) is 15.4. The third kappa shape index (κ3) is 3.95. The summed E-state index contributed by atoms with van der Waals surface area (Å²) in [6.45, 7) is 6.38. The molecule has 1 aliphatic heterocycles. The van der Waals surface area contributed by atoms with Gasteiger partial charge < -0.3 is 9.84 Å². The maximum absolute atomic E-state index is 12.4. The van der Waals surface area contributed by atoms with Gasteiger partial charge in [0, 0.05) is 29.8 Å². The lowest BCUT2D eigenvalue weighted by molar-refractivity contribution is -0.121. The van der Waals surface area contributed by atoms with Gasteiger partial charge in [-0.2, -0.15) is 10.1 Å². The number of aryl methyl sites for hydroxylation is 2. The second-order valence-corrected chi connectivity index (χ2v) is 7.55. The second-order valence-electron chi connectivity index (χ2n) is 7.55. The molecule has 3 heterocycles. The van der Waals surface area contributed by atoms with Gasteiger partial charge in [0.25, 0.3) is 0 Å². The van der Waals surface area contributed by atoms with E-state index in [0.29, 0.717) is 18.9 Å². The average molecular weight is 358 g/mol. The number of carbonyl (C=O) groups excluding carboxylic acids is 1. The second kappa shape index (κ2) is 7.19. The summed E-state index contributed by atoms with van der Waals surface area (Å²) in [6.07, 6.45) is 4.76. The number of likely N-dealkylation sites (tertiary alicyclic amines) is 1. The zero-order chi connectivity index (χ0) is 18.1. The van der Waals surface area contributed by atoms with Crippen molar-refractivity contribution in [1.29, 1.82) is 0 Å². The van der Waals surface area contributed by atoms with Crippen LogP contribution in [0.15, 0.2) is 4.52 Å². The number of hydrogen-bond acceptors (Lipinski definition) is 6. The molecule has 4 rings (SSSR count). The normalized spacial score (nSPS) is 21.1. The van der Waals surface area contributed by atoms with Gasteiger partial charge in [0.15, 0.2) is 5.82 Å². The lowest BCUT2D eigenvalue weighted by Crippen LogP contribution is -2.47. The fraction of sp³-hybridized carbons (Fsp3) is 0.667. The van der Waals surface area contributed by atoms with Gasteiger partial charge in [-0.05, 0) is 46.1 Å². The maximum atomic E-state index is 12.4. The Balaban J connectivity index is 1.29. The standard InChI is InChI=1S/C18H26N6O2/c1-11-15(12(2)22-21-11)8-17(25)19-14-4-3-7-24(9-14)10-16-20-18(26-23-16)13-5-6-13/h13-14H,3-10H2,1-2H3,(H,19,25)(H,21,22). The minimum atomic E-state index is 0.0556. The zero-order valence-electron chi connectivity index (χ0n) is 15.4. The highest BCUT2D eigenvalue weighted by atomic mass is 16.5. The van der Waals surface area contributed by atoms with Crippen LogP contribution in [0.2, 0.25) is 0 Å². The van der Waals surface area contributed by atoms with Crippen molar-refractivity contribution in [2.24, 2.45) is 0 Å². The number of aromatic nitrogens is 4. The quantitative estimate of drug-likeness (QED) is 0.814. The van der Waals surface area contributed by atoms with E-state index < -0.39 is 0 Å². The number of piperidine rings is 1. The number of nitrogens with one attached hydrogen (secondary N) is 2. The number of hydrogen-bond donors (Lipinski definition) is 2. The van der Waals surface area contributed by atoms with Gasteiger partial charge in [0.1, 0.15) is 0 Å². The first-order valence-corrected chi connectivity index (χ1v) is 9.43. The topological polar surface area (TPSA) is 99.9 Å². The average Bonchev–Trinajstić information content (AvgIpc) is 3.29. The first-order valence-electron chi connectivity index (χ1n) is 9.43. The van der Waals surface area contributed by atoms with E-state index >= 15 is 0 Å². The van der Waals surface area contributed by atoms with E-state index in [9.17, 15) is 4.79 Å². The number of nitrogens with zero attached hydrogens (tertiary/aromatic N) is 4. The smallest absolute Gasteiger partial charge is 0.229 e. The maximum Gasteiger partial charge on any atom is 0.229 e. The summed E-state index contributed by atoms with van der Waals surface area (Å²) in [5.74, 6) is 2.08. The van der Waals surface area contributed by atoms with Crippen molar-refractivity contribution in [2.75, 3.05) is 13.1 Å². The van der Waals surface area contributed by atoms with Crippen LogP contribution in [0.25, 0.3) is 0 Å². The Bertz CT molecular complexity index is 759. The Morgan fingerprint density at radius 2 is 2.19 bits per heavy atom. The van der Waals surface area contributed by atoms with E-state index in [1.807, 2.05) is 13.8 Å². The summed E-state index contributed by atoms with van der Waals surface area (Å²) in [4.78, 5) is 19.2. The van der Waals surface area contributed by atoms with Crippen molar-refractivity contribution in [3.8, 4) is 0 Å². The molecule has 1 saturated carbocycles. The molecule has 0 aromatic carbocycles. The Morgan fingerprint density at radius 3 is 2.92 bits per heavy atom. The summed E-state index contributed by atoms with van der Waals surface area (Å²) in [5, 5.41) is 14.4. The molecule has 2 N–H and O–H groups in total. The predicted octanol–water partition coefficient (Wildman–Crippen LogP) is 1.61. The Hall–Kier alpha value is -2.22. The molecule has 2 fully saturated rings. The molecule has 2 aromatic rings. The van der Waals surface area contributed by atoms with E-state index in [1.54, 1.807) is 0 Å². The fourth-order valence-corrected chi connectivity index (χ4v) is 3.62. The summed E-state index contributed by atoms with van der Waals surface area (Å²) < 4.78 is 5.34. The van der Waals surface area contributed by atoms with Crippen molar-refractivity contribution in [3.05, 3.63) is 28.7 Å². The molecule has 1 atom stereocenters. The number of amides is 1. The minimum Gasteiger partial charge on any atom is -0.352 e. The molecule has 8 heteroatoms. The van der Waals surface area contributed by atoms with Gasteiger partial charge in [-0.1, -0.05) is 5.16 Å². The van der Waals surface area contributed by atoms with Gasteiger partial charge in [-0.15, -0.1) is 0 Å². The summed E-state index contributed by atoms with van der Waals surface area (Å²) >= 11 is 0. The molecule has 1 saturated heterocycles. The molecule has 2 aliphatic rings. The van der Waals surface area contributed by atoms with Crippen LogP contribution in [0.1, 0.15) is 60.3 Å². The van der Waals surface area contributed by atoms with Crippen LogP contribution in [0, 0.1) is 13.8 Å². The first kappa shape index (κ1) is 17.2. The molecule has 8 nitrogen and oxygen atoms in total. The fourth-order valence-electron chi connectivity index (χ4n) is 3.62. The van der Waals surface area contributed by atoms with Crippen molar-refractivity contribution in [3.63, 3.8) is 0 Å². The predicted molar refractivity (Wildman–Crippen MR) is 94.5 cm³/mol. The highest BCUT2D eigenvalue weighted by Crippen LogP contribution is 2.38. The van der Waals surface area contributed by atoms with E-state index in [1.165, 1.54) is 0 Å². The molecule has 1 unspecified atom stereocenters. The SMILES string of the molecule is Cc1n[nH]c(C)c1CC(=O)NC1CCCN(Cc2noc(C3CC3)n2)C1. The Kier molecular flexibility index (Phi) is 4.76. The highest BCUT2D eigenvalue weighted by molar-refractivity contribution is 5.79. The molecule has 1 amide bonds. The van der Waals surface area contributed by atoms with E-state index in [0.717, 1.165) is 67.4 Å². The minimum absolute atomic E-state index is 0.0556. The summed E-state index contributed by atoms with van der Waals surface area (Å²) in [6, 6.07) is 0.165. The monoisotopic (exact) mass is 358 g/mol. The van der Waals surface area contributed by atoms with Gasteiger partial charge in [0.2, 0.25) is 11.8 Å². The molecule has 2 aromatic heterocycles. The van der Waals surface area contributed by atoms with Crippen LogP contribution in [0.4, 0.5) is 0 Å². The molecule has 1 aliphatic carbocycles. The largest absolute Gasteiger partial charge is 0.352 e. The van der Waals surface area contributed by atoms with E-state index in [2.05, 4.69) is 30.6 Å². The molecule has 0 bridgehead atoms. The van der Waals surface area contributed by atoms with Crippen LogP contribution in [0.3, 0.4) is 0 Å². The summed E-state index contributed by atoms with van der Waals surface area (Å²) in [7, 11) is 0. The van der Waals surface area contributed by atoms with Gasteiger partial charge in [0.05, 0.1) is 18.7 Å². The Morgan fingerprint density at radius 1 is 1.35 bits per heavy atom. The van der Waals surface area contributed by atoms with Crippen LogP contribution in [-0.2, 0) is 17.8 Å². The van der Waals surface area contributed by atoms with Crippen molar-refractivity contribution in [1.82, 2.24) is 30.6 Å². The lowest BCUT2D eigenvalue weighted by atomic mass is 10.0. The lowest BCUT2D eigenvalue weighted by Gasteiger charge is -2.32. The summed E-state index contributed by atoms with van der Waals surface area (Å²) in [5.41, 5.74) is 2.85. The van der Waals surface area contributed by atoms with Gasteiger partial charge in [-0.25, -0.2) is 0 Å². The number of carbonyl (C=O) groups is 1. The van der Waals surface area contributed by atoms with Gasteiger partial charge >= 0.3 is 0 Å². The van der Waals surface area contributed by atoms with Gasteiger partial charge in [-0.3, -0.25) is 14.8 Å². The van der Waals surface area contributed by atoms with Crippen LogP contribution in [-0.4, -0.2) is 50.3 Å². The van der Waals surface area contributed by atoms with Crippen molar-refractivity contribution >= 4 is 5.91 Å². The molecule has 26 heavy (non-hydrogen) atoms. The number of aromatic amines is 1. The van der Waals surface area contributed by atoms with Crippen molar-refractivity contribution < 1.29 is 9.32 Å². The molecular weight excluding hydrogens is 332 g/mol. The third-order valence-electron chi connectivity index (χ3n) is 5.26. The molecule has 140 valence electrons. The van der Waals surface area contributed by atoms with Crippen molar-refractivity contribution in [2.45, 2.75) is 64.5 Å². The van der Waals surface area contributed by atoms with Crippen LogP contribution >= 0.6 is 0 Å². The third-order valence-corrected chi connectivity index (χ3v) is 5.26. The van der Waals surface area contributed by atoms with Crippen LogP contribution < -0.4 is 5.32 Å². The molecule has 0 radical (unpaired) electrons. The van der Waals surface area contributed by atoms with E-state index in [4.69, 9.17) is 4.52 Å². The van der Waals surface area contributed by atoms with Crippen LogP contribution in [0.5, 0.6) is 0 Å². The highest BCUT2D eigenvalue weighted by Gasteiger charge is 2.30. The number of H-pyrrole nitrogens is 1.